The molecule has 0 aromatic heterocycles. The molecule has 0 heterocycles. The summed E-state index contributed by atoms with van der Waals surface area (Å²) in [4.78, 5) is 11.2. The van der Waals surface area contributed by atoms with Gasteiger partial charge in [-0.1, -0.05) is 13.8 Å². The number of amides is 2. The normalized spacial score (nSPS) is 15.4. The van der Waals surface area contributed by atoms with Crippen LogP contribution in [0.25, 0.3) is 0 Å². The number of urea groups is 1. The number of rotatable bonds is 4. The standard InChI is InChI=1S/C10H22N2O2/c1-7(2)10(5,14)6-11-9(13)12-8(3)4/h7-8,14H,6H2,1-5H3,(H2,11,12,13). The van der Waals surface area contributed by atoms with Crippen molar-refractivity contribution in [3.8, 4) is 0 Å². The van der Waals surface area contributed by atoms with Gasteiger partial charge < -0.3 is 15.7 Å². The average Bonchev–Trinajstić information content (AvgIpc) is 1.99. The second kappa shape index (κ2) is 5.20. The van der Waals surface area contributed by atoms with Crippen LogP contribution in [0.4, 0.5) is 4.79 Å². The summed E-state index contributed by atoms with van der Waals surface area (Å²) in [6.07, 6.45) is 0. The quantitative estimate of drug-likeness (QED) is 0.639. The predicted molar refractivity (Wildman–Crippen MR) is 57.1 cm³/mol. The van der Waals surface area contributed by atoms with Crippen LogP contribution >= 0.6 is 0 Å². The first kappa shape index (κ1) is 13.2. The summed E-state index contributed by atoms with van der Waals surface area (Å²) < 4.78 is 0. The van der Waals surface area contributed by atoms with Gasteiger partial charge in [-0.3, -0.25) is 0 Å². The van der Waals surface area contributed by atoms with Gasteiger partial charge in [0, 0.05) is 12.6 Å². The van der Waals surface area contributed by atoms with Gasteiger partial charge in [-0.15, -0.1) is 0 Å². The molecule has 0 fully saturated rings. The van der Waals surface area contributed by atoms with Crippen LogP contribution in [0.3, 0.4) is 0 Å². The lowest BCUT2D eigenvalue weighted by molar-refractivity contribution is 0.0165. The van der Waals surface area contributed by atoms with Crippen molar-refractivity contribution in [2.24, 2.45) is 5.92 Å². The Morgan fingerprint density at radius 3 is 2.21 bits per heavy atom. The van der Waals surface area contributed by atoms with E-state index in [2.05, 4.69) is 10.6 Å². The third-order valence-electron chi connectivity index (χ3n) is 2.27. The van der Waals surface area contributed by atoms with E-state index in [-0.39, 0.29) is 24.5 Å². The highest BCUT2D eigenvalue weighted by atomic mass is 16.3. The van der Waals surface area contributed by atoms with Crippen LogP contribution in [0.15, 0.2) is 0 Å². The maximum absolute atomic E-state index is 11.2. The zero-order chi connectivity index (χ0) is 11.4. The number of hydrogen-bond donors (Lipinski definition) is 3. The van der Waals surface area contributed by atoms with Crippen molar-refractivity contribution in [1.29, 1.82) is 0 Å². The summed E-state index contributed by atoms with van der Waals surface area (Å²) in [6.45, 7) is 9.60. The number of hydrogen-bond acceptors (Lipinski definition) is 2. The maximum atomic E-state index is 11.2. The highest BCUT2D eigenvalue weighted by molar-refractivity contribution is 5.74. The number of carbonyl (C=O) groups excluding carboxylic acids is 1. The van der Waals surface area contributed by atoms with Crippen LogP contribution in [-0.2, 0) is 0 Å². The third-order valence-corrected chi connectivity index (χ3v) is 2.27. The van der Waals surface area contributed by atoms with E-state index in [0.717, 1.165) is 0 Å². The van der Waals surface area contributed by atoms with E-state index in [1.54, 1.807) is 6.92 Å². The molecule has 0 aromatic rings. The minimum absolute atomic E-state index is 0.110. The van der Waals surface area contributed by atoms with Crippen molar-refractivity contribution in [2.45, 2.75) is 46.3 Å². The Morgan fingerprint density at radius 1 is 1.36 bits per heavy atom. The van der Waals surface area contributed by atoms with E-state index in [9.17, 15) is 9.90 Å². The van der Waals surface area contributed by atoms with Gasteiger partial charge in [0.05, 0.1) is 5.60 Å². The molecule has 1 atom stereocenters. The molecule has 0 rings (SSSR count). The predicted octanol–water partition coefficient (Wildman–Crippen LogP) is 1.10. The van der Waals surface area contributed by atoms with Crippen molar-refractivity contribution >= 4 is 6.03 Å². The second-order valence-electron chi connectivity index (χ2n) is 4.49. The molecule has 2 amide bonds. The van der Waals surface area contributed by atoms with Crippen LogP contribution < -0.4 is 10.6 Å². The van der Waals surface area contributed by atoms with E-state index in [4.69, 9.17) is 0 Å². The van der Waals surface area contributed by atoms with Gasteiger partial charge in [-0.2, -0.15) is 0 Å². The molecule has 0 saturated heterocycles. The fraction of sp³-hybridized carbons (Fsp3) is 0.900. The fourth-order valence-corrected chi connectivity index (χ4v) is 0.777. The van der Waals surface area contributed by atoms with Crippen LogP contribution in [0.5, 0.6) is 0 Å². The molecular weight excluding hydrogens is 180 g/mol. The van der Waals surface area contributed by atoms with Crippen LogP contribution in [0, 0.1) is 5.92 Å². The molecule has 14 heavy (non-hydrogen) atoms. The molecular formula is C10H22N2O2. The smallest absolute Gasteiger partial charge is 0.315 e. The van der Waals surface area contributed by atoms with E-state index in [1.165, 1.54) is 0 Å². The molecule has 0 aliphatic heterocycles. The van der Waals surface area contributed by atoms with E-state index in [1.807, 2.05) is 27.7 Å². The molecule has 4 nitrogen and oxygen atoms in total. The Bertz CT molecular complexity index is 189. The Kier molecular flexibility index (Phi) is 4.91. The molecule has 1 unspecified atom stereocenters. The van der Waals surface area contributed by atoms with Crippen LogP contribution in [-0.4, -0.2) is 29.3 Å². The maximum Gasteiger partial charge on any atom is 0.315 e. The third kappa shape index (κ3) is 5.07. The van der Waals surface area contributed by atoms with E-state index >= 15 is 0 Å². The molecule has 0 aliphatic rings. The van der Waals surface area contributed by atoms with Gasteiger partial charge in [0.25, 0.3) is 0 Å². The van der Waals surface area contributed by atoms with Gasteiger partial charge in [-0.05, 0) is 26.7 Å². The zero-order valence-electron chi connectivity index (χ0n) is 9.72. The number of carbonyl (C=O) groups is 1. The first-order valence-corrected chi connectivity index (χ1v) is 5.02. The molecule has 4 heteroatoms. The molecule has 0 radical (unpaired) electrons. The molecule has 0 aromatic carbocycles. The highest BCUT2D eigenvalue weighted by Gasteiger charge is 2.25. The zero-order valence-corrected chi connectivity index (χ0v) is 9.72. The number of nitrogens with one attached hydrogen (secondary N) is 2. The van der Waals surface area contributed by atoms with Gasteiger partial charge in [0.2, 0.25) is 0 Å². The Labute approximate surface area is 86.1 Å². The summed E-state index contributed by atoms with van der Waals surface area (Å²) in [5.74, 6) is 0.113. The van der Waals surface area contributed by atoms with Crippen molar-refractivity contribution in [2.75, 3.05) is 6.54 Å². The second-order valence-corrected chi connectivity index (χ2v) is 4.49. The van der Waals surface area contributed by atoms with Gasteiger partial charge in [-0.25, -0.2) is 4.79 Å². The summed E-state index contributed by atoms with van der Waals surface area (Å²) in [5, 5.41) is 15.2. The Morgan fingerprint density at radius 2 is 1.86 bits per heavy atom. The monoisotopic (exact) mass is 202 g/mol. The van der Waals surface area contributed by atoms with Crippen LogP contribution in [0.2, 0.25) is 0 Å². The average molecular weight is 202 g/mol. The minimum atomic E-state index is -0.853. The lowest BCUT2D eigenvalue weighted by Gasteiger charge is -2.28. The summed E-state index contributed by atoms with van der Waals surface area (Å²) in [7, 11) is 0. The molecule has 3 N–H and O–H groups in total. The van der Waals surface area contributed by atoms with Gasteiger partial charge in [0.15, 0.2) is 0 Å². The van der Waals surface area contributed by atoms with E-state index in [0.29, 0.717) is 0 Å². The Hall–Kier alpha value is -0.770. The van der Waals surface area contributed by atoms with Gasteiger partial charge in [0.1, 0.15) is 0 Å². The highest BCUT2D eigenvalue weighted by Crippen LogP contribution is 2.14. The summed E-state index contributed by atoms with van der Waals surface area (Å²) in [6, 6.07) is -0.125. The molecule has 84 valence electrons. The lowest BCUT2D eigenvalue weighted by atomic mass is 9.93. The summed E-state index contributed by atoms with van der Waals surface area (Å²) in [5.41, 5.74) is -0.853. The molecule has 0 spiro atoms. The fourth-order valence-electron chi connectivity index (χ4n) is 0.777. The minimum Gasteiger partial charge on any atom is -0.388 e. The van der Waals surface area contributed by atoms with Crippen LogP contribution in [0.1, 0.15) is 34.6 Å². The first-order chi connectivity index (χ1) is 6.25. The molecule has 0 aliphatic carbocycles. The van der Waals surface area contributed by atoms with Crippen molar-refractivity contribution < 1.29 is 9.90 Å². The summed E-state index contributed by atoms with van der Waals surface area (Å²) >= 11 is 0. The van der Waals surface area contributed by atoms with Crippen molar-refractivity contribution in [1.82, 2.24) is 10.6 Å². The Balaban J connectivity index is 3.88. The topological polar surface area (TPSA) is 61.4 Å². The SMILES string of the molecule is CC(C)NC(=O)NCC(C)(O)C(C)C. The van der Waals surface area contributed by atoms with E-state index < -0.39 is 5.60 Å². The number of aliphatic hydroxyl groups is 1. The van der Waals surface area contributed by atoms with Crippen molar-refractivity contribution in [3.05, 3.63) is 0 Å². The molecule has 0 bridgehead atoms. The lowest BCUT2D eigenvalue weighted by Crippen LogP contribution is -2.48. The van der Waals surface area contributed by atoms with Gasteiger partial charge >= 0.3 is 6.03 Å². The van der Waals surface area contributed by atoms with Crippen molar-refractivity contribution in [3.63, 3.8) is 0 Å². The largest absolute Gasteiger partial charge is 0.388 e. The molecule has 0 saturated carbocycles. The first-order valence-electron chi connectivity index (χ1n) is 5.02.